The van der Waals surface area contributed by atoms with Crippen molar-refractivity contribution >= 4 is 88.6 Å². The number of benzene rings is 3. The van der Waals surface area contributed by atoms with Crippen LogP contribution in [0.1, 0.15) is 82.8 Å². The summed E-state index contributed by atoms with van der Waals surface area (Å²) in [5.74, 6) is 0.903. The molecule has 3 aromatic rings. The van der Waals surface area contributed by atoms with Crippen LogP contribution in [0.3, 0.4) is 0 Å². The van der Waals surface area contributed by atoms with Crippen LogP contribution in [0.4, 0.5) is 0 Å². The molecule has 0 fully saturated rings. The van der Waals surface area contributed by atoms with Crippen LogP contribution in [0.15, 0.2) is 59.5 Å². The average Bonchev–Trinajstić information content (AvgIpc) is 2.90. The number of hydrogen-bond acceptors (Lipinski definition) is 1. The van der Waals surface area contributed by atoms with Crippen molar-refractivity contribution in [1.29, 1.82) is 0 Å². The molecule has 53 heavy (non-hydrogen) atoms. The van der Waals surface area contributed by atoms with E-state index in [9.17, 15) is 0 Å². The standard InChI is InChI=1S/C45H81GeSSi6/c1-32(2)35-26-25-27-36(33(3)4)41(35)46(39-28-23-24-29-40(39)47)42-37(44(50(11,12)13)51(14,15)16)30-34(43(48(5,6)7)49(8,9)10)31-38(42)45(52(17,18)19)53(20,21)22/h23-33,43-45,47H,1-22H3/p-1. The van der Waals surface area contributed by atoms with E-state index >= 15 is 0 Å². The minimum absolute atomic E-state index is 0.451. The zero-order valence-corrected chi connectivity index (χ0v) is 47.4. The Balaban J connectivity index is 3.01. The molecule has 0 saturated heterocycles. The summed E-state index contributed by atoms with van der Waals surface area (Å²) in [4.78, 5) is 1.09. The molecular weight excluding hydrogens is 814 g/mol. The van der Waals surface area contributed by atoms with E-state index in [0.29, 0.717) is 27.3 Å². The molecule has 0 heterocycles. The van der Waals surface area contributed by atoms with E-state index in [2.05, 4.69) is 200 Å². The second-order valence-electron chi connectivity index (χ2n) is 23.6. The molecule has 0 amide bonds. The molecule has 0 unspecified atom stereocenters. The number of rotatable bonds is 14. The normalized spacial score (nSPS) is 14.2. The quantitative estimate of drug-likeness (QED) is 0.115. The topological polar surface area (TPSA) is 0 Å². The van der Waals surface area contributed by atoms with Crippen LogP contribution in [0.5, 0.6) is 0 Å². The fraction of sp³-hybridized carbons (Fsp3) is 0.600. The number of hydrogen-bond donors (Lipinski definition) is 0. The van der Waals surface area contributed by atoms with E-state index in [1.807, 2.05) is 4.40 Å². The average molecular weight is 894 g/mol. The van der Waals surface area contributed by atoms with Crippen LogP contribution in [0.2, 0.25) is 118 Å². The fourth-order valence-electron chi connectivity index (χ4n) is 11.3. The molecule has 0 spiro atoms. The van der Waals surface area contributed by atoms with Crippen molar-refractivity contribution in [3.63, 3.8) is 0 Å². The van der Waals surface area contributed by atoms with E-state index in [0.717, 1.165) is 4.90 Å². The van der Waals surface area contributed by atoms with Crippen molar-refractivity contribution in [1.82, 2.24) is 0 Å². The molecule has 8 heteroatoms. The van der Waals surface area contributed by atoms with E-state index in [4.69, 9.17) is 12.6 Å². The maximum absolute atomic E-state index is 6.51. The van der Waals surface area contributed by atoms with Crippen LogP contribution in [0.25, 0.3) is 0 Å². The Kier molecular flexibility index (Phi) is 14.7. The molecule has 0 aliphatic rings. The van der Waals surface area contributed by atoms with Crippen molar-refractivity contribution < 1.29 is 0 Å². The first-order chi connectivity index (χ1) is 23.7. The predicted octanol–water partition coefficient (Wildman–Crippen LogP) is 12.9. The van der Waals surface area contributed by atoms with Crippen LogP contribution in [-0.4, -0.2) is 62.8 Å². The molecule has 3 aromatic carbocycles. The molecule has 0 bridgehead atoms. The van der Waals surface area contributed by atoms with Crippen molar-refractivity contribution in [2.45, 2.75) is 178 Å². The molecule has 0 atom stereocenters. The van der Waals surface area contributed by atoms with Gasteiger partial charge in [-0.1, -0.05) is 0 Å². The Morgan fingerprint density at radius 1 is 0.415 bits per heavy atom. The minimum atomic E-state index is -2.59. The van der Waals surface area contributed by atoms with Crippen molar-refractivity contribution in [2.75, 3.05) is 0 Å². The van der Waals surface area contributed by atoms with Gasteiger partial charge in [0.1, 0.15) is 0 Å². The predicted molar refractivity (Wildman–Crippen MR) is 266 cm³/mol. The van der Waals surface area contributed by atoms with Crippen LogP contribution in [-0.2, 0) is 12.6 Å². The third kappa shape index (κ3) is 10.8. The monoisotopic (exact) mass is 894 g/mol. The van der Waals surface area contributed by atoms with Gasteiger partial charge in [0, 0.05) is 0 Å². The van der Waals surface area contributed by atoms with Gasteiger partial charge in [0.25, 0.3) is 0 Å². The Morgan fingerprint density at radius 3 is 1.04 bits per heavy atom. The molecule has 3 rings (SSSR count). The van der Waals surface area contributed by atoms with Gasteiger partial charge in [-0.15, -0.1) is 0 Å². The third-order valence-electron chi connectivity index (χ3n) is 11.4. The molecule has 0 saturated carbocycles. The zero-order valence-electron chi connectivity index (χ0n) is 38.5. The van der Waals surface area contributed by atoms with Gasteiger partial charge < -0.3 is 0 Å². The van der Waals surface area contributed by atoms with Gasteiger partial charge in [0.05, 0.1) is 0 Å². The SMILES string of the molecule is CC(C)c1cccc(C(C)C)[c]1[Ge]([c]1ccccc1[S-])[c]1c(C([Si](C)(C)C)[Si](C)(C)C)cc(C([Si](C)(C)C)[Si](C)(C)C)cc1C([Si](C)(C)C)[Si](C)(C)C. The van der Waals surface area contributed by atoms with E-state index in [1.165, 1.54) is 4.40 Å². The summed E-state index contributed by atoms with van der Waals surface area (Å²) < 4.78 is 5.07. The second-order valence-corrected chi connectivity index (χ2v) is 62.4. The van der Waals surface area contributed by atoms with Crippen LogP contribution in [0, 0.1) is 0 Å². The van der Waals surface area contributed by atoms with Gasteiger partial charge in [0.15, 0.2) is 0 Å². The Hall–Kier alpha value is -0.276. The summed E-state index contributed by atoms with van der Waals surface area (Å²) in [5.41, 5.74) is 8.48. The summed E-state index contributed by atoms with van der Waals surface area (Å²) in [6.45, 7) is 58.3. The Morgan fingerprint density at radius 2 is 0.736 bits per heavy atom. The summed E-state index contributed by atoms with van der Waals surface area (Å²) >= 11 is 3.92. The zero-order chi connectivity index (χ0) is 41.0. The Bertz CT molecular complexity index is 1600. The first-order valence-electron chi connectivity index (χ1n) is 20.7. The molecule has 295 valence electrons. The van der Waals surface area contributed by atoms with Gasteiger partial charge in [-0.2, -0.15) is 0 Å². The first kappa shape index (κ1) is 47.1. The molecule has 0 nitrogen and oxygen atoms in total. The van der Waals surface area contributed by atoms with Gasteiger partial charge >= 0.3 is 349 Å². The van der Waals surface area contributed by atoms with Gasteiger partial charge in [-0.05, 0) is 0 Å². The molecule has 0 aliphatic carbocycles. The van der Waals surface area contributed by atoms with Crippen molar-refractivity contribution in [3.8, 4) is 0 Å². The first-order valence-corrected chi connectivity index (χ1v) is 45.7. The molecular formula is C45H80GeSSi6-. The van der Waals surface area contributed by atoms with Gasteiger partial charge in [-0.25, -0.2) is 0 Å². The van der Waals surface area contributed by atoms with Gasteiger partial charge in [0.2, 0.25) is 0 Å². The maximum atomic E-state index is 6.51. The fourth-order valence-corrected chi connectivity index (χ4v) is 59.1. The van der Waals surface area contributed by atoms with Crippen LogP contribution >= 0.6 is 0 Å². The van der Waals surface area contributed by atoms with Crippen molar-refractivity contribution in [2.24, 2.45) is 0 Å². The molecule has 1 radical (unpaired) electrons. The summed E-state index contributed by atoms with van der Waals surface area (Å²) in [7, 11) is -10.0. The second kappa shape index (κ2) is 16.5. The van der Waals surface area contributed by atoms with E-state index in [-0.39, 0.29) is 0 Å². The summed E-state index contributed by atoms with van der Waals surface area (Å²) in [6, 6.07) is 22.5. The van der Waals surface area contributed by atoms with Gasteiger partial charge in [-0.3, -0.25) is 0 Å². The summed E-state index contributed by atoms with van der Waals surface area (Å²) in [6.07, 6.45) is 0. The van der Waals surface area contributed by atoms with E-state index < -0.39 is 62.8 Å². The molecule has 0 N–H and O–H groups in total. The van der Waals surface area contributed by atoms with E-state index in [1.54, 1.807) is 32.2 Å². The molecule has 0 aromatic heterocycles. The summed E-state index contributed by atoms with van der Waals surface area (Å²) in [5, 5.41) is 2.02. The van der Waals surface area contributed by atoms with Crippen LogP contribution < -0.4 is 13.2 Å². The molecule has 0 aliphatic heterocycles. The Labute approximate surface area is 346 Å². The van der Waals surface area contributed by atoms with Crippen molar-refractivity contribution in [3.05, 3.63) is 82.4 Å². The third-order valence-corrected chi connectivity index (χ3v) is 46.6.